The van der Waals surface area contributed by atoms with E-state index in [-0.39, 0.29) is 31.6 Å². The third-order valence-corrected chi connectivity index (χ3v) is 3.31. The molecule has 1 aromatic rings. The Balaban J connectivity index is 1.69. The molecule has 20 heavy (non-hydrogen) atoms. The summed E-state index contributed by atoms with van der Waals surface area (Å²) in [7, 11) is 0. The maximum Gasteiger partial charge on any atom is 0.321 e. The molecular weight excluding hydrogens is 262 g/mol. The molecule has 3 amide bonds. The second kappa shape index (κ2) is 7.06. The van der Waals surface area contributed by atoms with E-state index in [0.29, 0.717) is 5.76 Å². The first-order valence-electron chi connectivity index (χ1n) is 6.64. The molecule has 1 fully saturated rings. The van der Waals surface area contributed by atoms with Gasteiger partial charge in [0.15, 0.2) is 0 Å². The molecule has 0 aromatic carbocycles. The minimum atomic E-state index is -0.550. The predicted octanol–water partition coefficient (Wildman–Crippen LogP) is 0.0621. The van der Waals surface area contributed by atoms with Crippen LogP contribution in [0.25, 0.3) is 0 Å². The van der Waals surface area contributed by atoms with Crippen molar-refractivity contribution < 1.29 is 19.1 Å². The van der Waals surface area contributed by atoms with Gasteiger partial charge in [-0.1, -0.05) is 0 Å². The van der Waals surface area contributed by atoms with E-state index in [1.807, 2.05) is 4.90 Å². The summed E-state index contributed by atoms with van der Waals surface area (Å²) < 4.78 is 5.06. The number of furan rings is 1. The van der Waals surface area contributed by atoms with E-state index < -0.39 is 6.03 Å². The van der Waals surface area contributed by atoms with Crippen LogP contribution in [0.2, 0.25) is 0 Å². The molecule has 1 aromatic heterocycles. The zero-order valence-corrected chi connectivity index (χ0v) is 11.2. The SMILES string of the molecule is O=C(CN1CCC[C@H]1CO)NC(=O)NCc1ccco1. The van der Waals surface area contributed by atoms with Gasteiger partial charge >= 0.3 is 6.03 Å². The summed E-state index contributed by atoms with van der Waals surface area (Å²) in [5.41, 5.74) is 0. The number of hydrogen-bond donors (Lipinski definition) is 3. The van der Waals surface area contributed by atoms with E-state index in [4.69, 9.17) is 9.52 Å². The van der Waals surface area contributed by atoms with Gasteiger partial charge in [-0.05, 0) is 31.5 Å². The largest absolute Gasteiger partial charge is 0.467 e. The molecule has 0 radical (unpaired) electrons. The van der Waals surface area contributed by atoms with Gasteiger partial charge in [0.2, 0.25) is 5.91 Å². The van der Waals surface area contributed by atoms with Gasteiger partial charge in [-0.15, -0.1) is 0 Å². The summed E-state index contributed by atoms with van der Waals surface area (Å²) in [4.78, 5) is 25.1. The molecule has 0 unspecified atom stereocenters. The topological polar surface area (TPSA) is 94.8 Å². The van der Waals surface area contributed by atoms with Crippen molar-refractivity contribution in [1.82, 2.24) is 15.5 Å². The molecule has 0 aliphatic carbocycles. The number of imide groups is 1. The minimum absolute atomic E-state index is 0.0203. The highest BCUT2D eigenvalue weighted by molar-refractivity contribution is 5.95. The Morgan fingerprint density at radius 3 is 3.05 bits per heavy atom. The van der Waals surface area contributed by atoms with Crippen molar-refractivity contribution in [3.8, 4) is 0 Å². The van der Waals surface area contributed by atoms with Gasteiger partial charge in [0.1, 0.15) is 5.76 Å². The molecule has 2 heterocycles. The normalized spacial score (nSPS) is 18.9. The molecule has 0 saturated carbocycles. The van der Waals surface area contributed by atoms with Gasteiger partial charge in [-0.3, -0.25) is 15.0 Å². The van der Waals surface area contributed by atoms with E-state index in [2.05, 4.69) is 10.6 Å². The summed E-state index contributed by atoms with van der Waals surface area (Å²) >= 11 is 0. The molecule has 1 saturated heterocycles. The number of aliphatic hydroxyl groups excluding tert-OH is 1. The molecule has 110 valence electrons. The maximum atomic E-state index is 11.7. The fraction of sp³-hybridized carbons (Fsp3) is 0.538. The number of carbonyl (C=O) groups is 2. The smallest absolute Gasteiger partial charge is 0.321 e. The van der Waals surface area contributed by atoms with Crippen molar-refractivity contribution in [1.29, 1.82) is 0 Å². The Morgan fingerprint density at radius 1 is 1.50 bits per heavy atom. The number of carbonyl (C=O) groups excluding carboxylic acids is 2. The van der Waals surface area contributed by atoms with Crippen molar-refractivity contribution in [2.75, 3.05) is 19.7 Å². The summed E-state index contributed by atoms with van der Waals surface area (Å²) in [6.07, 6.45) is 3.36. The monoisotopic (exact) mass is 281 g/mol. The number of nitrogens with one attached hydrogen (secondary N) is 2. The molecule has 0 spiro atoms. The van der Waals surface area contributed by atoms with Crippen LogP contribution in [0, 0.1) is 0 Å². The van der Waals surface area contributed by atoms with Crippen molar-refractivity contribution in [3.05, 3.63) is 24.2 Å². The van der Waals surface area contributed by atoms with Gasteiger partial charge in [-0.2, -0.15) is 0 Å². The number of hydrogen-bond acceptors (Lipinski definition) is 5. The number of likely N-dealkylation sites (tertiary alicyclic amines) is 1. The Morgan fingerprint density at radius 2 is 2.35 bits per heavy atom. The lowest BCUT2D eigenvalue weighted by Crippen LogP contribution is -2.46. The Bertz CT molecular complexity index is 446. The first kappa shape index (κ1) is 14.5. The molecule has 2 rings (SSSR count). The van der Waals surface area contributed by atoms with Gasteiger partial charge < -0.3 is 14.8 Å². The lowest BCUT2D eigenvalue weighted by Gasteiger charge is -2.21. The summed E-state index contributed by atoms with van der Waals surface area (Å²) in [5.74, 6) is 0.245. The third kappa shape index (κ3) is 4.07. The van der Waals surface area contributed by atoms with E-state index in [9.17, 15) is 9.59 Å². The first-order valence-corrected chi connectivity index (χ1v) is 6.64. The van der Waals surface area contributed by atoms with Crippen LogP contribution in [0.4, 0.5) is 4.79 Å². The molecule has 0 bridgehead atoms. The van der Waals surface area contributed by atoms with Crippen LogP contribution in [0.1, 0.15) is 18.6 Å². The number of rotatable bonds is 5. The second-order valence-corrected chi connectivity index (χ2v) is 4.76. The van der Waals surface area contributed by atoms with Gasteiger partial charge in [0, 0.05) is 6.04 Å². The molecule has 3 N–H and O–H groups in total. The van der Waals surface area contributed by atoms with E-state index in [1.165, 1.54) is 6.26 Å². The highest BCUT2D eigenvalue weighted by Crippen LogP contribution is 2.15. The van der Waals surface area contributed by atoms with Gasteiger partial charge in [0.25, 0.3) is 0 Å². The highest BCUT2D eigenvalue weighted by atomic mass is 16.3. The molecule has 7 heteroatoms. The number of amides is 3. The maximum absolute atomic E-state index is 11.7. The standard InChI is InChI=1S/C13H19N3O4/c17-9-10-3-1-5-16(10)8-12(18)15-13(19)14-7-11-4-2-6-20-11/h2,4,6,10,17H,1,3,5,7-9H2,(H2,14,15,18,19)/t10-/m0/s1. The van der Waals surface area contributed by atoms with Gasteiger partial charge in [-0.25, -0.2) is 4.79 Å². The summed E-state index contributed by atoms with van der Waals surface area (Å²) in [5, 5.41) is 14.0. The van der Waals surface area contributed by atoms with E-state index in [1.54, 1.807) is 12.1 Å². The predicted molar refractivity (Wildman–Crippen MR) is 70.8 cm³/mol. The number of aliphatic hydroxyl groups is 1. The molecule has 1 aliphatic rings. The highest BCUT2D eigenvalue weighted by Gasteiger charge is 2.25. The van der Waals surface area contributed by atoms with Crippen LogP contribution in [-0.2, 0) is 11.3 Å². The van der Waals surface area contributed by atoms with Crippen molar-refractivity contribution >= 4 is 11.9 Å². The fourth-order valence-electron chi connectivity index (χ4n) is 2.29. The van der Waals surface area contributed by atoms with Crippen molar-refractivity contribution in [2.24, 2.45) is 0 Å². The van der Waals surface area contributed by atoms with Crippen LogP contribution >= 0.6 is 0 Å². The van der Waals surface area contributed by atoms with Gasteiger partial charge in [0.05, 0.1) is 26.0 Å². The van der Waals surface area contributed by atoms with Crippen molar-refractivity contribution in [2.45, 2.75) is 25.4 Å². The fourth-order valence-corrected chi connectivity index (χ4v) is 2.29. The lowest BCUT2D eigenvalue weighted by molar-refractivity contribution is -0.121. The summed E-state index contributed by atoms with van der Waals surface area (Å²) in [6.45, 7) is 1.17. The molecule has 7 nitrogen and oxygen atoms in total. The molecule has 1 aliphatic heterocycles. The average Bonchev–Trinajstić information content (AvgIpc) is 3.06. The van der Waals surface area contributed by atoms with Crippen LogP contribution in [-0.4, -0.2) is 47.7 Å². The molecular formula is C13H19N3O4. The van der Waals surface area contributed by atoms with Crippen molar-refractivity contribution in [3.63, 3.8) is 0 Å². The summed E-state index contributed by atoms with van der Waals surface area (Å²) in [6, 6.07) is 2.93. The van der Waals surface area contributed by atoms with Crippen LogP contribution < -0.4 is 10.6 Å². The zero-order chi connectivity index (χ0) is 14.4. The Hall–Kier alpha value is -1.86. The van der Waals surface area contributed by atoms with Crippen LogP contribution in [0.5, 0.6) is 0 Å². The number of urea groups is 1. The lowest BCUT2D eigenvalue weighted by atomic mass is 10.2. The second-order valence-electron chi connectivity index (χ2n) is 4.76. The van der Waals surface area contributed by atoms with E-state index in [0.717, 1.165) is 19.4 Å². The number of nitrogens with zero attached hydrogens (tertiary/aromatic N) is 1. The zero-order valence-electron chi connectivity index (χ0n) is 11.2. The average molecular weight is 281 g/mol. The third-order valence-electron chi connectivity index (χ3n) is 3.31. The minimum Gasteiger partial charge on any atom is -0.467 e. The Kier molecular flexibility index (Phi) is 5.14. The Labute approximate surface area is 116 Å². The first-order chi connectivity index (χ1) is 9.69. The van der Waals surface area contributed by atoms with Crippen LogP contribution in [0.15, 0.2) is 22.8 Å². The quantitative estimate of drug-likeness (QED) is 0.709. The van der Waals surface area contributed by atoms with E-state index >= 15 is 0 Å². The molecule has 1 atom stereocenters. The van der Waals surface area contributed by atoms with Crippen LogP contribution in [0.3, 0.4) is 0 Å².